The van der Waals surface area contributed by atoms with E-state index in [1.165, 1.54) is 0 Å². The van der Waals surface area contributed by atoms with Gasteiger partial charge < -0.3 is 0 Å². The lowest BCUT2D eigenvalue weighted by Crippen LogP contribution is -2.07. The maximum atomic E-state index is 12.3. The summed E-state index contributed by atoms with van der Waals surface area (Å²) in [5.74, 6) is 0.129. The number of hydrogen-bond acceptors (Lipinski definition) is 5. The zero-order chi connectivity index (χ0) is 17.9. The molecule has 0 aromatic carbocycles. The molecule has 0 N–H and O–H groups in total. The Labute approximate surface area is 150 Å². The quantitative estimate of drug-likeness (QED) is 0.557. The molecule has 0 saturated heterocycles. The Morgan fingerprint density at radius 1 is 1.00 bits per heavy atom. The number of rotatable bonds is 5. The van der Waals surface area contributed by atoms with Crippen LogP contribution in [0.1, 0.15) is 11.3 Å². The first-order chi connectivity index (χ1) is 12.7. The van der Waals surface area contributed by atoms with Gasteiger partial charge in [-0.1, -0.05) is 0 Å². The molecular formula is C20H17N5O. The zero-order valence-electron chi connectivity index (χ0n) is 14.3. The molecule has 6 nitrogen and oxygen atoms in total. The monoisotopic (exact) mass is 343 g/mol. The van der Waals surface area contributed by atoms with E-state index in [0.717, 1.165) is 33.3 Å². The zero-order valence-corrected chi connectivity index (χ0v) is 14.3. The first-order valence-corrected chi connectivity index (χ1v) is 8.32. The Morgan fingerprint density at radius 2 is 1.81 bits per heavy atom. The van der Waals surface area contributed by atoms with E-state index in [9.17, 15) is 4.79 Å². The number of hydrogen-bond donors (Lipinski definition) is 0. The van der Waals surface area contributed by atoms with Crippen molar-refractivity contribution in [1.82, 2.24) is 24.7 Å². The van der Waals surface area contributed by atoms with Crippen LogP contribution in [0.25, 0.3) is 22.0 Å². The van der Waals surface area contributed by atoms with Crippen LogP contribution in [0.3, 0.4) is 0 Å². The number of ketones is 1. The number of aryl methyl sites for hydroxylation is 1. The van der Waals surface area contributed by atoms with Crippen molar-refractivity contribution in [3.63, 3.8) is 0 Å². The number of Topliss-reactive ketones (excluding diaryl/α,β-unsaturated/α-hetero) is 1. The highest BCUT2D eigenvalue weighted by Gasteiger charge is 2.09. The molecule has 128 valence electrons. The van der Waals surface area contributed by atoms with Crippen LogP contribution in [0, 0.1) is 0 Å². The van der Waals surface area contributed by atoms with Crippen molar-refractivity contribution in [2.45, 2.75) is 12.8 Å². The van der Waals surface area contributed by atoms with Crippen LogP contribution in [-0.2, 0) is 24.7 Å². The standard InChI is InChI=1S/C20H17N5O/c1-25-13-17(12-24-25)20-8-15-7-18(22-10-16(15)11-23-20)9-19(26)6-14-2-4-21-5-3-14/h2-5,7-8,10-13H,6,9H2,1H3. The van der Waals surface area contributed by atoms with Crippen LogP contribution in [0.4, 0.5) is 0 Å². The molecule has 0 unspecified atom stereocenters. The summed E-state index contributed by atoms with van der Waals surface area (Å²) < 4.78 is 1.75. The summed E-state index contributed by atoms with van der Waals surface area (Å²) in [6.07, 6.45) is 11.4. The van der Waals surface area contributed by atoms with Gasteiger partial charge in [0.05, 0.1) is 11.9 Å². The van der Waals surface area contributed by atoms with Crippen molar-refractivity contribution >= 4 is 16.6 Å². The van der Waals surface area contributed by atoms with Gasteiger partial charge in [-0.2, -0.15) is 5.10 Å². The van der Waals surface area contributed by atoms with Gasteiger partial charge in [0, 0.05) is 67.5 Å². The third-order valence-electron chi connectivity index (χ3n) is 4.19. The summed E-state index contributed by atoms with van der Waals surface area (Å²) in [6, 6.07) is 7.68. The molecule has 0 bridgehead atoms. The largest absolute Gasteiger partial charge is 0.299 e. The first kappa shape index (κ1) is 16.1. The van der Waals surface area contributed by atoms with Crippen molar-refractivity contribution in [3.05, 3.63) is 72.7 Å². The molecule has 6 heteroatoms. The topological polar surface area (TPSA) is 73.6 Å². The summed E-state index contributed by atoms with van der Waals surface area (Å²) in [7, 11) is 1.88. The number of carbonyl (C=O) groups excluding carboxylic acids is 1. The first-order valence-electron chi connectivity index (χ1n) is 8.32. The molecular weight excluding hydrogens is 326 g/mol. The highest BCUT2D eigenvalue weighted by molar-refractivity contribution is 5.87. The van der Waals surface area contributed by atoms with E-state index >= 15 is 0 Å². The predicted molar refractivity (Wildman–Crippen MR) is 98.4 cm³/mol. The SMILES string of the molecule is Cn1cc(-c2cc3cc(CC(=O)Cc4ccncc4)ncc3cn2)cn1. The summed E-state index contributed by atoms with van der Waals surface area (Å²) in [5, 5.41) is 6.15. The highest BCUT2D eigenvalue weighted by Crippen LogP contribution is 2.21. The number of fused-ring (bicyclic) bond motifs is 1. The molecule has 0 amide bonds. The number of nitrogens with zero attached hydrogens (tertiary/aromatic N) is 5. The van der Waals surface area contributed by atoms with E-state index in [4.69, 9.17) is 0 Å². The third-order valence-corrected chi connectivity index (χ3v) is 4.19. The fraction of sp³-hybridized carbons (Fsp3) is 0.150. The molecule has 0 radical (unpaired) electrons. The summed E-state index contributed by atoms with van der Waals surface area (Å²) in [5.41, 5.74) is 3.54. The second-order valence-corrected chi connectivity index (χ2v) is 6.24. The van der Waals surface area contributed by atoms with Crippen LogP contribution in [0.15, 0.2) is 61.4 Å². The second kappa shape index (κ2) is 6.84. The average Bonchev–Trinajstić information content (AvgIpc) is 3.08. The van der Waals surface area contributed by atoms with E-state index in [0.29, 0.717) is 12.8 Å². The van der Waals surface area contributed by atoms with Crippen LogP contribution < -0.4 is 0 Å². The molecule has 0 aliphatic rings. The molecule has 4 aromatic heterocycles. The Balaban J connectivity index is 1.57. The Bertz CT molecular complexity index is 1070. The summed E-state index contributed by atoms with van der Waals surface area (Å²) in [4.78, 5) is 25.2. The Kier molecular flexibility index (Phi) is 4.23. The second-order valence-electron chi connectivity index (χ2n) is 6.24. The van der Waals surface area contributed by atoms with E-state index in [1.807, 2.05) is 37.5 Å². The minimum atomic E-state index is 0.129. The Morgan fingerprint density at radius 3 is 2.58 bits per heavy atom. The van der Waals surface area contributed by atoms with Gasteiger partial charge in [0.1, 0.15) is 5.78 Å². The van der Waals surface area contributed by atoms with Crippen LogP contribution in [-0.4, -0.2) is 30.5 Å². The van der Waals surface area contributed by atoms with Crippen molar-refractivity contribution in [2.24, 2.45) is 7.05 Å². The van der Waals surface area contributed by atoms with Gasteiger partial charge in [0.15, 0.2) is 0 Å². The number of pyridine rings is 3. The van der Waals surface area contributed by atoms with Gasteiger partial charge in [0.25, 0.3) is 0 Å². The Hall–Kier alpha value is -3.41. The molecule has 4 heterocycles. The van der Waals surface area contributed by atoms with E-state index in [2.05, 4.69) is 20.1 Å². The minimum Gasteiger partial charge on any atom is -0.299 e. The van der Waals surface area contributed by atoms with E-state index < -0.39 is 0 Å². The van der Waals surface area contributed by atoms with Gasteiger partial charge in [-0.3, -0.25) is 24.4 Å². The van der Waals surface area contributed by atoms with E-state index in [1.54, 1.807) is 35.7 Å². The van der Waals surface area contributed by atoms with Gasteiger partial charge >= 0.3 is 0 Å². The van der Waals surface area contributed by atoms with Crippen molar-refractivity contribution < 1.29 is 4.79 Å². The summed E-state index contributed by atoms with van der Waals surface area (Å²) >= 11 is 0. The normalized spacial score (nSPS) is 11.0. The van der Waals surface area contributed by atoms with Gasteiger partial charge in [0.2, 0.25) is 0 Å². The van der Waals surface area contributed by atoms with Crippen molar-refractivity contribution in [2.75, 3.05) is 0 Å². The lowest BCUT2D eigenvalue weighted by molar-refractivity contribution is -0.117. The van der Waals surface area contributed by atoms with Gasteiger partial charge in [-0.15, -0.1) is 0 Å². The average molecular weight is 343 g/mol. The molecule has 4 rings (SSSR count). The van der Waals surface area contributed by atoms with Gasteiger partial charge in [-0.25, -0.2) is 0 Å². The molecule has 0 fully saturated rings. The lowest BCUT2D eigenvalue weighted by Gasteiger charge is -2.05. The number of aromatic nitrogens is 5. The summed E-state index contributed by atoms with van der Waals surface area (Å²) in [6.45, 7) is 0. The molecule has 0 aliphatic heterocycles. The molecule has 0 atom stereocenters. The van der Waals surface area contributed by atoms with Crippen LogP contribution >= 0.6 is 0 Å². The molecule has 0 aliphatic carbocycles. The van der Waals surface area contributed by atoms with Crippen LogP contribution in [0.5, 0.6) is 0 Å². The smallest absolute Gasteiger partial charge is 0.143 e. The van der Waals surface area contributed by atoms with Crippen molar-refractivity contribution in [1.29, 1.82) is 0 Å². The third kappa shape index (κ3) is 3.49. The van der Waals surface area contributed by atoms with Gasteiger partial charge in [-0.05, 0) is 35.2 Å². The molecule has 26 heavy (non-hydrogen) atoms. The fourth-order valence-corrected chi connectivity index (χ4v) is 2.88. The molecule has 0 spiro atoms. The number of carbonyl (C=O) groups is 1. The highest BCUT2D eigenvalue weighted by atomic mass is 16.1. The van der Waals surface area contributed by atoms with Crippen molar-refractivity contribution in [3.8, 4) is 11.3 Å². The molecule has 4 aromatic rings. The lowest BCUT2D eigenvalue weighted by atomic mass is 10.0. The maximum Gasteiger partial charge on any atom is 0.143 e. The van der Waals surface area contributed by atoms with Crippen LogP contribution in [0.2, 0.25) is 0 Å². The predicted octanol–water partition coefficient (Wildman–Crippen LogP) is 2.78. The fourth-order valence-electron chi connectivity index (χ4n) is 2.88. The van der Waals surface area contributed by atoms with E-state index in [-0.39, 0.29) is 5.78 Å². The minimum absolute atomic E-state index is 0.129. The molecule has 0 saturated carbocycles. The maximum absolute atomic E-state index is 12.3.